The van der Waals surface area contributed by atoms with Crippen molar-refractivity contribution in [2.75, 3.05) is 28.4 Å². The van der Waals surface area contributed by atoms with Crippen LogP contribution in [0.1, 0.15) is 35.2 Å². The van der Waals surface area contributed by atoms with E-state index < -0.39 is 0 Å². The van der Waals surface area contributed by atoms with Crippen molar-refractivity contribution in [3.8, 4) is 23.0 Å². The molecule has 0 aromatic heterocycles. The van der Waals surface area contributed by atoms with E-state index in [1.54, 1.807) is 28.4 Å². The summed E-state index contributed by atoms with van der Waals surface area (Å²) in [5, 5.41) is 0. The molecule has 0 saturated carbocycles. The van der Waals surface area contributed by atoms with Crippen LogP contribution in [-0.4, -0.2) is 39.4 Å². The Morgan fingerprint density at radius 1 is 0.852 bits per heavy atom. The molecule has 0 aliphatic carbocycles. The van der Waals surface area contributed by atoms with Crippen LogP contribution in [0.3, 0.4) is 0 Å². The van der Waals surface area contributed by atoms with Gasteiger partial charge < -0.3 is 18.9 Å². The number of benzene rings is 2. The Bertz CT molecular complexity index is 864. The Balaban J connectivity index is 1.82. The van der Waals surface area contributed by atoms with E-state index in [1.807, 2.05) is 0 Å². The molecule has 27 heavy (non-hydrogen) atoms. The molecule has 2 aromatic rings. The third kappa shape index (κ3) is 2.81. The van der Waals surface area contributed by atoms with Crippen molar-refractivity contribution in [1.29, 1.82) is 0 Å². The van der Waals surface area contributed by atoms with Gasteiger partial charge in [0.05, 0.1) is 28.4 Å². The number of hydrogen-bond donors (Lipinski definition) is 0. The van der Waals surface area contributed by atoms with Crippen molar-refractivity contribution in [3.05, 3.63) is 46.5 Å². The largest absolute Gasteiger partial charge is 0.497 e. The molecule has 4 rings (SSSR count). The molecule has 0 N–H and O–H groups in total. The number of hydrogen-bond acceptors (Lipinski definition) is 5. The second-order valence-corrected chi connectivity index (χ2v) is 7.29. The maximum absolute atomic E-state index is 5.74. The number of fused-ring (bicyclic) bond motifs is 4. The molecule has 0 bridgehead atoms. The summed E-state index contributed by atoms with van der Waals surface area (Å²) in [6.45, 7) is 3.14. The average Bonchev–Trinajstić information content (AvgIpc) is 2.70. The molecule has 0 radical (unpaired) electrons. The zero-order valence-electron chi connectivity index (χ0n) is 16.7. The molecular weight excluding hydrogens is 342 g/mol. The van der Waals surface area contributed by atoms with Crippen molar-refractivity contribution in [1.82, 2.24) is 4.90 Å². The van der Waals surface area contributed by atoms with Crippen molar-refractivity contribution in [2.24, 2.45) is 0 Å². The number of nitrogens with zero attached hydrogens (tertiary/aromatic N) is 1. The molecule has 2 aliphatic heterocycles. The second-order valence-electron chi connectivity index (χ2n) is 7.29. The summed E-state index contributed by atoms with van der Waals surface area (Å²) in [7, 11) is 6.75. The maximum Gasteiger partial charge on any atom is 0.203 e. The van der Waals surface area contributed by atoms with Gasteiger partial charge in [-0.3, -0.25) is 4.90 Å². The van der Waals surface area contributed by atoms with Crippen LogP contribution in [0.25, 0.3) is 0 Å². The normalized spacial score (nSPS) is 20.9. The molecule has 2 atom stereocenters. The van der Waals surface area contributed by atoms with Gasteiger partial charge in [-0.15, -0.1) is 0 Å². The standard InChI is InChI=1S/C22H27NO4/c1-13-8-14-9-16(24-2)6-7-17(14)19-10-15-11-20(25-3)22(27-5)21(26-4)18(15)12-23(13)19/h6-7,9,11,13,19H,8,10,12H2,1-5H3/t13-,19?/m0/s1. The Hall–Kier alpha value is -2.40. The van der Waals surface area contributed by atoms with Crippen LogP contribution in [0.4, 0.5) is 0 Å². The van der Waals surface area contributed by atoms with Crippen LogP contribution >= 0.6 is 0 Å². The van der Waals surface area contributed by atoms with Gasteiger partial charge in [-0.05, 0) is 54.7 Å². The Kier molecular flexibility index (Phi) is 4.64. The lowest BCUT2D eigenvalue weighted by Gasteiger charge is -2.45. The van der Waals surface area contributed by atoms with Gasteiger partial charge in [-0.2, -0.15) is 0 Å². The lowest BCUT2D eigenvalue weighted by molar-refractivity contribution is 0.104. The fourth-order valence-corrected chi connectivity index (χ4v) is 4.64. The SMILES string of the molecule is COc1ccc2c(c1)C[C@H](C)N1Cc3c(cc(OC)c(OC)c3OC)CC21. The summed E-state index contributed by atoms with van der Waals surface area (Å²) in [5.74, 6) is 3.11. The molecule has 0 fully saturated rings. The van der Waals surface area contributed by atoms with Gasteiger partial charge in [0, 0.05) is 24.2 Å². The quantitative estimate of drug-likeness (QED) is 0.821. The van der Waals surface area contributed by atoms with Gasteiger partial charge in [-0.1, -0.05) is 6.07 Å². The van der Waals surface area contributed by atoms with E-state index in [0.29, 0.717) is 17.8 Å². The first-order chi connectivity index (χ1) is 13.1. The first-order valence-corrected chi connectivity index (χ1v) is 9.34. The Morgan fingerprint density at radius 2 is 1.63 bits per heavy atom. The predicted octanol–water partition coefficient (Wildman–Crippen LogP) is 3.77. The van der Waals surface area contributed by atoms with Gasteiger partial charge in [0.25, 0.3) is 0 Å². The lowest BCUT2D eigenvalue weighted by Crippen LogP contribution is -2.45. The molecule has 2 aromatic carbocycles. The van der Waals surface area contributed by atoms with Crippen molar-refractivity contribution in [3.63, 3.8) is 0 Å². The average molecular weight is 369 g/mol. The highest BCUT2D eigenvalue weighted by Crippen LogP contribution is 2.49. The van der Waals surface area contributed by atoms with Crippen LogP contribution in [0.15, 0.2) is 24.3 Å². The summed E-state index contributed by atoms with van der Waals surface area (Å²) in [6, 6.07) is 9.38. The Labute approximate surface area is 160 Å². The van der Waals surface area contributed by atoms with E-state index in [-0.39, 0.29) is 0 Å². The summed E-state index contributed by atoms with van der Waals surface area (Å²) >= 11 is 0. The van der Waals surface area contributed by atoms with E-state index >= 15 is 0 Å². The molecule has 5 heteroatoms. The predicted molar refractivity (Wildman–Crippen MR) is 104 cm³/mol. The summed E-state index contributed by atoms with van der Waals surface area (Å²) < 4.78 is 22.3. The third-order valence-corrected chi connectivity index (χ3v) is 5.97. The smallest absolute Gasteiger partial charge is 0.203 e. The van der Waals surface area contributed by atoms with Crippen LogP contribution in [-0.2, 0) is 19.4 Å². The summed E-state index contributed by atoms with van der Waals surface area (Å²) in [5.41, 5.74) is 5.25. The molecule has 0 spiro atoms. The zero-order chi connectivity index (χ0) is 19.1. The fourth-order valence-electron chi connectivity index (χ4n) is 4.64. The highest BCUT2D eigenvalue weighted by atomic mass is 16.5. The fraction of sp³-hybridized carbons (Fsp3) is 0.455. The monoisotopic (exact) mass is 369 g/mol. The van der Waals surface area contributed by atoms with Gasteiger partial charge in [0.15, 0.2) is 11.5 Å². The number of ether oxygens (including phenoxy) is 4. The highest BCUT2D eigenvalue weighted by molar-refractivity contribution is 5.60. The summed E-state index contributed by atoms with van der Waals surface area (Å²) in [6.07, 6.45) is 1.95. The third-order valence-electron chi connectivity index (χ3n) is 5.97. The van der Waals surface area contributed by atoms with E-state index in [9.17, 15) is 0 Å². The minimum absolute atomic E-state index is 0.352. The molecule has 1 unspecified atom stereocenters. The van der Waals surface area contributed by atoms with Crippen LogP contribution in [0.5, 0.6) is 23.0 Å². The van der Waals surface area contributed by atoms with Crippen LogP contribution in [0, 0.1) is 0 Å². The zero-order valence-corrected chi connectivity index (χ0v) is 16.7. The molecular formula is C22H27NO4. The maximum atomic E-state index is 5.74. The van der Waals surface area contributed by atoms with Crippen molar-refractivity contribution in [2.45, 2.75) is 38.4 Å². The Morgan fingerprint density at radius 3 is 2.30 bits per heavy atom. The van der Waals surface area contributed by atoms with Crippen LogP contribution in [0.2, 0.25) is 0 Å². The molecule has 0 amide bonds. The van der Waals surface area contributed by atoms with Gasteiger partial charge >= 0.3 is 0 Å². The van der Waals surface area contributed by atoms with Crippen LogP contribution < -0.4 is 18.9 Å². The minimum atomic E-state index is 0.352. The van der Waals surface area contributed by atoms with E-state index in [1.165, 1.54) is 22.3 Å². The molecule has 144 valence electrons. The van der Waals surface area contributed by atoms with Gasteiger partial charge in [0.1, 0.15) is 5.75 Å². The number of methoxy groups -OCH3 is 4. The first-order valence-electron chi connectivity index (χ1n) is 9.34. The molecule has 0 saturated heterocycles. The summed E-state index contributed by atoms with van der Waals surface area (Å²) in [4.78, 5) is 2.57. The lowest BCUT2D eigenvalue weighted by atomic mass is 9.81. The van der Waals surface area contributed by atoms with Crippen molar-refractivity contribution < 1.29 is 18.9 Å². The number of rotatable bonds is 4. The topological polar surface area (TPSA) is 40.2 Å². The highest BCUT2D eigenvalue weighted by Gasteiger charge is 2.38. The van der Waals surface area contributed by atoms with E-state index in [0.717, 1.165) is 36.6 Å². The van der Waals surface area contributed by atoms with Crippen molar-refractivity contribution >= 4 is 0 Å². The second kappa shape index (κ2) is 6.97. The molecule has 2 aliphatic rings. The van der Waals surface area contributed by atoms with E-state index in [4.69, 9.17) is 18.9 Å². The van der Waals surface area contributed by atoms with E-state index in [2.05, 4.69) is 36.1 Å². The minimum Gasteiger partial charge on any atom is -0.497 e. The first kappa shape index (κ1) is 18.0. The van der Waals surface area contributed by atoms with Gasteiger partial charge in [-0.25, -0.2) is 0 Å². The molecule has 2 heterocycles. The van der Waals surface area contributed by atoms with Gasteiger partial charge in [0.2, 0.25) is 5.75 Å². The molecule has 5 nitrogen and oxygen atoms in total.